The maximum absolute atomic E-state index is 11.9. The van der Waals surface area contributed by atoms with Crippen molar-refractivity contribution in [3.63, 3.8) is 0 Å². The Balaban J connectivity index is 2.11. The standard InChI is InChI=1S/C13H20O4/c1-3-16-12(14)10-8-5-6-9(7-8)11(10)13(15)17-4-2/h8-11H,3-7H2,1-2H3/t8-,9+,10+,11?/m0/s1. The molecule has 0 heterocycles. The molecule has 1 unspecified atom stereocenters. The maximum atomic E-state index is 11.9. The van der Waals surface area contributed by atoms with Crippen molar-refractivity contribution >= 4 is 11.9 Å². The van der Waals surface area contributed by atoms with Crippen LogP contribution in [0.5, 0.6) is 0 Å². The maximum Gasteiger partial charge on any atom is 0.310 e. The minimum atomic E-state index is -0.257. The van der Waals surface area contributed by atoms with Crippen molar-refractivity contribution in [2.24, 2.45) is 23.7 Å². The van der Waals surface area contributed by atoms with Crippen LogP contribution in [-0.4, -0.2) is 25.2 Å². The fourth-order valence-electron chi connectivity index (χ4n) is 3.45. The van der Waals surface area contributed by atoms with Gasteiger partial charge in [-0.3, -0.25) is 9.59 Å². The Labute approximate surface area is 102 Å². The molecule has 96 valence electrons. The average molecular weight is 240 g/mol. The van der Waals surface area contributed by atoms with Gasteiger partial charge < -0.3 is 9.47 Å². The van der Waals surface area contributed by atoms with E-state index in [9.17, 15) is 9.59 Å². The van der Waals surface area contributed by atoms with Gasteiger partial charge in [0, 0.05) is 0 Å². The Morgan fingerprint density at radius 1 is 0.941 bits per heavy atom. The molecule has 0 amide bonds. The highest BCUT2D eigenvalue weighted by Crippen LogP contribution is 2.53. The van der Waals surface area contributed by atoms with E-state index in [1.165, 1.54) is 0 Å². The van der Waals surface area contributed by atoms with E-state index in [1.807, 2.05) is 0 Å². The Kier molecular flexibility index (Phi) is 3.69. The largest absolute Gasteiger partial charge is 0.466 e. The van der Waals surface area contributed by atoms with E-state index in [4.69, 9.17) is 9.47 Å². The van der Waals surface area contributed by atoms with Crippen LogP contribution < -0.4 is 0 Å². The van der Waals surface area contributed by atoms with E-state index in [1.54, 1.807) is 13.8 Å². The first-order valence-electron chi connectivity index (χ1n) is 6.52. The molecule has 2 rings (SSSR count). The van der Waals surface area contributed by atoms with Crippen LogP contribution >= 0.6 is 0 Å². The lowest BCUT2D eigenvalue weighted by Crippen LogP contribution is -2.36. The third kappa shape index (κ3) is 2.17. The number of fused-ring (bicyclic) bond motifs is 2. The summed E-state index contributed by atoms with van der Waals surface area (Å²) in [5.74, 6) is -0.280. The van der Waals surface area contributed by atoms with Crippen molar-refractivity contribution in [2.75, 3.05) is 13.2 Å². The predicted octanol–water partition coefficient (Wildman–Crippen LogP) is 1.77. The molecule has 2 aliphatic rings. The van der Waals surface area contributed by atoms with Crippen molar-refractivity contribution in [2.45, 2.75) is 33.1 Å². The third-order valence-corrected chi connectivity index (χ3v) is 4.03. The minimum Gasteiger partial charge on any atom is -0.466 e. The predicted molar refractivity (Wildman–Crippen MR) is 61.1 cm³/mol. The van der Waals surface area contributed by atoms with E-state index in [-0.39, 0.29) is 23.8 Å². The van der Waals surface area contributed by atoms with E-state index in [0.717, 1.165) is 19.3 Å². The number of carbonyl (C=O) groups is 2. The number of rotatable bonds is 4. The molecule has 0 saturated heterocycles. The molecule has 2 aliphatic carbocycles. The van der Waals surface area contributed by atoms with Crippen molar-refractivity contribution in [3.8, 4) is 0 Å². The van der Waals surface area contributed by atoms with Gasteiger partial charge in [-0.25, -0.2) is 0 Å². The van der Waals surface area contributed by atoms with Crippen LogP contribution in [0.4, 0.5) is 0 Å². The van der Waals surface area contributed by atoms with Crippen LogP contribution in [0.15, 0.2) is 0 Å². The summed E-state index contributed by atoms with van der Waals surface area (Å²) in [4.78, 5) is 23.8. The highest BCUT2D eigenvalue weighted by molar-refractivity contribution is 5.83. The minimum absolute atomic E-state index is 0.210. The molecule has 17 heavy (non-hydrogen) atoms. The van der Waals surface area contributed by atoms with Crippen LogP contribution in [0.3, 0.4) is 0 Å². The first kappa shape index (κ1) is 12.4. The zero-order valence-electron chi connectivity index (χ0n) is 10.5. The molecular formula is C13H20O4. The van der Waals surface area contributed by atoms with Gasteiger partial charge in [-0.05, 0) is 44.9 Å². The lowest BCUT2D eigenvalue weighted by Gasteiger charge is -2.27. The highest BCUT2D eigenvalue weighted by Gasteiger charge is 2.55. The van der Waals surface area contributed by atoms with E-state index in [2.05, 4.69) is 0 Å². The summed E-state index contributed by atoms with van der Waals surface area (Å²) in [6.07, 6.45) is 3.07. The number of carbonyl (C=O) groups excluding carboxylic acids is 2. The summed E-state index contributed by atoms with van der Waals surface area (Å²) in [5, 5.41) is 0. The molecule has 0 aromatic rings. The Morgan fingerprint density at radius 3 is 1.71 bits per heavy atom. The van der Waals surface area contributed by atoms with E-state index < -0.39 is 0 Å². The summed E-state index contributed by atoms with van der Waals surface area (Å²) in [6, 6.07) is 0. The van der Waals surface area contributed by atoms with Crippen LogP contribution in [0, 0.1) is 23.7 Å². The molecule has 2 bridgehead atoms. The van der Waals surface area contributed by atoms with Gasteiger partial charge in [0.1, 0.15) is 0 Å². The zero-order valence-corrected chi connectivity index (χ0v) is 10.5. The number of hydrogen-bond donors (Lipinski definition) is 0. The second-order valence-electron chi connectivity index (χ2n) is 4.89. The van der Waals surface area contributed by atoms with Crippen LogP contribution in [0.25, 0.3) is 0 Å². The highest BCUT2D eigenvalue weighted by atomic mass is 16.5. The van der Waals surface area contributed by atoms with Gasteiger partial charge in [0.2, 0.25) is 0 Å². The lowest BCUT2D eigenvalue weighted by atomic mass is 9.79. The van der Waals surface area contributed by atoms with Gasteiger partial charge in [-0.2, -0.15) is 0 Å². The molecule has 0 N–H and O–H groups in total. The van der Waals surface area contributed by atoms with Gasteiger partial charge in [0.25, 0.3) is 0 Å². The summed E-state index contributed by atoms with van der Waals surface area (Å²) in [5.41, 5.74) is 0. The fraction of sp³-hybridized carbons (Fsp3) is 0.846. The molecule has 4 nitrogen and oxygen atoms in total. The fourth-order valence-corrected chi connectivity index (χ4v) is 3.45. The topological polar surface area (TPSA) is 52.6 Å². The molecule has 0 aromatic carbocycles. The first-order chi connectivity index (χ1) is 8.19. The second-order valence-corrected chi connectivity index (χ2v) is 4.89. The van der Waals surface area contributed by atoms with Gasteiger partial charge in [-0.15, -0.1) is 0 Å². The van der Waals surface area contributed by atoms with Crippen molar-refractivity contribution < 1.29 is 19.1 Å². The Bertz CT molecular complexity index is 283. The van der Waals surface area contributed by atoms with Gasteiger partial charge in [0.05, 0.1) is 25.0 Å². The zero-order chi connectivity index (χ0) is 12.4. The number of hydrogen-bond acceptors (Lipinski definition) is 4. The lowest BCUT2D eigenvalue weighted by molar-refractivity contribution is -0.162. The molecule has 2 saturated carbocycles. The Hall–Kier alpha value is -1.06. The van der Waals surface area contributed by atoms with Gasteiger partial charge in [-0.1, -0.05) is 0 Å². The van der Waals surface area contributed by atoms with E-state index in [0.29, 0.717) is 25.0 Å². The summed E-state index contributed by atoms with van der Waals surface area (Å²) < 4.78 is 10.2. The normalized spacial score (nSPS) is 34.7. The molecule has 2 fully saturated rings. The average Bonchev–Trinajstić information content (AvgIpc) is 2.89. The molecular weight excluding hydrogens is 220 g/mol. The molecule has 0 aliphatic heterocycles. The molecule has 0 radical (unpaired) electrons. The second kappa shape index (κ2) is 5.07. The van der Waals surface area contributed by atoms with Gasteiger partial charge in [0.15, 0.2) is 0 Å². The van der Waals surface area contributed by atoms with Crippen LogP contribution in [0.2, 0.25) is 0 Å². The van der Waals surface area contributed by atoms with Crippen LogP contribution in [-0.2, 0) is 19.1 Å². The van der Waals surface area contributed by atoms with Crippen molar-refractivity contribution in [3.05, 3.63) is 0 Å². The molecule has 0 spiro atoms. The number of esters is 2. The van der Waals surface area contributed by atoms with Crippen molar-refractivity contribution in [1.82, 2.24) is 0 Å². The van der Waals surface area contributed by atoms with Crippen molar-refractivity contribution in [1.29, 1.82) is 0 Å². The number of ether oxygens (including phenoxy) is 2. The molecule has 0 aromatic heterocycles. The molecule has 4 heteroatoms. The summed E-state index contributed by atoms with van der Waals surface area (Å²) >= 11 is 0. The third-order valence-electron chi connectivity index (χ3n) is 4.03. The molecule has 4 atom stereocenters. The summed E-state index contributed by atoms with van der Waals surface area (Å²) in [7, 11) is 0. The monoisotopic (exact) mass is 240 g/mol. The smallest absolute Gasteiger partial charge is 0.310 e. The first-order valence-corrected chi connectivity index (χ1v) is 6.52. The van der Waals surface area contributed by atoms with Crippen LogP contribution in [0.1, 0.15) is 33.1 Å². The quantitative estimate of drug-likeness (QED) is 0.703. The summed E-state index contributed by atoms with van der Waals surface area (Å²) in [6.45, 7) is 4.35. The Morgan fingerprint density at radius 2 is 1.35 bits per heavy atom. The van der Waals surface area contributed by atoms with E-state index >= 15 is 0 Å². The SMILES string of the molecule is CCOC(=O)C1[C@@H]2CC[C@@H](C2)[C@H]1C(=O)OCC. The van der Waals surface area contributed by atoms with Gasteiger partial charge >= 0.3 is 11.9 Å².